The van der Waals surface area contributed by atoms with Crippen molar-refractivity contribution >= 4 is 11.5 Å². The van der Waals surface area contributed by atoms with Gasteiger partial charge in [0.15, 0.2) is 0 Å². The highest BCUT2D eigenvalue weighted by molar-refractivity contribution is 5.67. The molecule has 2 aliphatic rings. The SMILES string of the molecule is COc1ccc2c(c1N1CCN(c3ccccn3)CC1)CNCC2. The molecule has 0 radical (unpaired) electrons. The Morgan fingerprint density at radius 3 is 2.62 bits per heavy atom. The Balaban J connectivity index is 1.57. The molecule has 1 N–H and O–H groups in total. The summed E-state index contributed by atoms with van der Waals surface area (Å²) in [5.74, 6) is 2.06. The van der Waals surface area contributed by atoms with Crippen molar-refractivity contribution in [2.24, 2.45) is 0 Å². The van der Waals surface area contributed by atoms with Gasteiger partial charge in [-0.25, -0.2) is 4.98 Å². The number of hydrogen-bond acceptors (Lipinski definition) is 5. The summed E-state index contributed by atoms with van der Waals surface area (Å²) in [5.41, 5.74) is 4.14. The first-order chi connectivity index (χ1) is 11.9. The highest BCUT2D eigenvalue weighted by Gasteiger charge is 2.25. The predicted octanol–water partition coefficient (Wildman–Crippen LogP) is 2.06. The van der Waals surface area contributed by atoms with Gasteiger partial charge in [-0.3, -0.25) is 0 Å². The summed E-state index contributed by atoms with van der Waals surface area (Å²) < 4.78 is 5.68. The van der Waals surface area contributed by atoms with E-state index in [0.29, 0.717) is 0 Å². The van der Waals surface area contributed by atoms with Gasteiger partial charge in [0.1, 0.15) is 11.6 Å². The van der Waals surface area contributed by atoms with Crippen LogP contribution in [0.25, 0.3) is 0 Å². The molecule has 0 amide bonds. The molecule has 126 valence electrons. The number of ether oxygens (including phenoxy) is 1. The molecule has 5 heteroatoms. The van der Waals surface area contributed by atoms with Crippen LogP contribution in [0.2, 0.25) is 0 Å². The molecule has 0 saturated carbocycles. The predicted molar refractivity (Wildman–Crippen MR) is 97.1 cm³/mol. The van der Waals surface area contributed by atoms with E-state index >= 15 is 0 Å². The average Bonchev–Trinajstić information content (AvgIpc) is 2.68. The summed E-state index contributed by atoms with van der Waals surface area (Å²) in [5, 5.41) is 3.50. The minimum absolute atomic E-state index is 0.933. The topological polar surface area (TPSA) is 40.6 Å². The minimum Gasteiger partial charge on any atom is -0.495 e. The van der Waals surface area contributed by atoms with Crippen LogP contribution >= 0.6 is 0 Å². The van der Waals surface area contributed by atoms with E-state index in [1.807, 2.05) is 12.3 Å². The third kappa shape index (κ3) is 2.80. The lowest BCUT2D eigenvalue weighted by molar-refractivity contribution is 0.412. The number of methoxy groups -OCH3 is 1. The van der Waals surface area contributed by atoms with Gasteiger partial charge in [-0.15, -0.1) is 0 Å². The Hall–Kier alpha value is -2.27. The molecule has 2 aromatic rings. The number of hydrogen-bond donors (Lipinski definition) is 1. The van der Waals surface area contributed by atoms with E-state index in [4.69, 9.17) is 4.74 Å². The fourth-order valence-electron chi connectivity index (χ4n) is 3.74. The van der Waals surface area contributed by atoms with Crippen molar-refractivity contribution in [3.8, 4) is 5.75 Å². The number of piperazine rings is 1. The van der Waals surface area contributed by atoms with Crippen LogP contribution in [0.1, 0.15) is 11.1 Å². The van der Waals surface area contributed by atoms with Crippen molar-refractivity contribution < 1.29 is 4.74 Å². The van der Waals surface area contributed by atoms with E-state index in [1.165, 1.54) is 16.8 Å². The van der Waals surface area contributed by atoms with Gasteiger partial charge in [0.25, 0.3) is 0 Å². The normalized spacial score (nSPS) is 17.5. The lowest BCUT2D eigenvalue weighted by Crippen LogP contribution is -2.47. The molecule has 1 aromatic carbocycles. The fraction of sp³-hybridized carbons (Fsp3) is 0.421. The molecule has 0 bridgehead atoms. The molecule has 1 saturated heterocycles. The second-order valence-corrected chi connectivity index (χ2v) is 6.34. The summed E-state index contributed by atoms with van der Waals surface area (Å²) in [4.78, 5) is 9.31. The monoisotopic (exact) mass is 324 g/mol. The van der Waals surface area contributed by atoms with Crippen LogP contribution in [0.5, 0.6) is 5.75 Å². The highest BCUT2D eigenvalue weighted by atomic mass is 16.5. The zero-order valence-electron chi connectivity index (χ0n) is 14.2. The van der Waals surface area contributed by atoms with Gasteiger partial charge < -0.3 is 19.9 Å². The summed E-state index contributed by atoms with van der Waals surface area (Å²) in [6.07, 6.45) is 2.96. The van der Waals surface area contributed by atoms with E-state index in [1.54, 1.807) is 7.11 Å². The van der Waals surface area contributed by atoms with Crippen molar-refractivity contribution in [2.75, 3.05) is 49.6 Å². The van der Waals surface area contributed by atoms with E-state index in [-0.39, 0.29) is 0 Å². The van der Waals surface area contributed by atoms with Crippen LogP contribution in [0.3, 0.4) is 0 Å². The molecule has 0 spiro atoms. The van der Waals surface area contributed by atoms with Gasteiger partial charge in [0.2, 0.25) is 0 Å². The first kappa shape index (κ1) is 15.3. The van der Waals surface area contributed by atoms with Crippen molar-refractivity contribution in [3.05, 3.63) is 47.7 Å². The molecule has 0 unspecified atom stereocenters. The summed E-state index contributed by atoms with van der Waals surface area (Å²) in [7, 11) is 1.77. The lowest BCUT2D eigenvalue weighted by Gasteiger charge is -2.39. The average molecular weight is 324 g/mol. The van der Waals surface area contributed by atoms with Crippen LogP contribution in [0.15, 0.2) is 36.5 Å². The molecular weight excluding hydrogens is 300 g/mol. The quantitative estimate of drug-likeness (QED) is 0.936. The van der Waals surface area contributed by atoms with E-state index in [2.05, 4.69) is 44.4 Å². The van der Waals surface area contributed by atoms with Crippen molar-refractivity contribution in [1.29, 1.82) is 0 Å². The Labute approximate surface area is 143 Å². The zero-order valence-corrected chi connectivity index (χ0v) is 14.2. The number of nitrogens with one attached hydrogen (secondary N) is 1. The second kappa shape index (κ2) is 6.69. The largest absolute Gasteiger partial charge is 0.495 e. The van der Waals surface area contributed by atoms with Crippen molar-refractivity contribution in [2.45, 2.75) is 13.0 Å². The second-order valence-electron chi connectivity index (χ2n) is 6.34. The lowest BCUT2D eigenvalue weighted by atomic mass is 9.97. The number of benzene rings is 1. The smallest absolute Gasteiger partial charge is 0.142 e. The van der Waals surface area contributed by atoms with Gasteiger partial charge in [0.05, 0.1) is 12.8 Å². The van der Waals surface area contributed by atoms with Gasteiger partial charge >= 0.3 is 0 Å². The fourth-order valence-corrected chi connectivity index (χ4v) is 3.74. The molecule has 3 heterocycles. The Bertz CT molecular complexity index is 696. The van der Waals surface area contributed by atoms with Crippen LogP contribution in [0, 0.1) is 0 Å². The number of pyridine rings is 1. The number of nitrogens with zero attached hydrogens (tertiary/aromatic N) is 3. The molecular formula is C19H24N4O. The third-order valence-corrected chi connectivity index (χ3v) is 5.00. The molecule has 0 aliphatic carbocycles. The number of fused-ring (bicyclic) bond motifs is 1. The standard InChI is InChI=1S/C19H24N4O/c1-24-17-6-5-15-7-9-20-14-16(15)19(17)23-12-10-22(11-13-23)18-4-2-3-8-21-18/h2-6,8,20H,7,9-14H2,1H3. The van der Waals surface area contributed by atoms with Crippen LogP contribution in [-0.4, -0.2) is 44.8 Å². The zero-order chi connectivity index (χ0) is 16.4. The molecule has 1 fully saturated rings. The maximum Gasteiger partial charge on any atom is 0.142 e. The van der Waals surface area contributed by atoms with Crippen molar-refractivity contribution in [3.63, 3.8) is 0 Å². The molecule has 4 rings (SSSR count). The van der Waals surface area contributed by atoms with Crippen molar-refractivity contribution in [1.82, 2.24) is 10.3 Å². The molecule has 0 atom stereocenters. The van der Waals surface area contributed by atoms with Gasteiger partial charge in [-0.1, -0.05) is 12.1 Å². The summed E-state index contributed by atoms with van der Waals surface area (Å²) >= 11 is 0. The Kier molecular flexibility index (Phi) is 4.26. The number of aromatic nitrogens is 1. The molecule has 24 heavy (non-hydrogen) atoms. The third-order valence-electron chi connectivity index (χ3n) is 5.00. The highest BCUT2D eigenvalue weighted by Crippen LogP contribution is 2.36. The van der Waals surface area contributed by atoms with Gasteiger partial charge in [0, 0.05) is 38.9 Å². The van der Waals surface area contributed by atoms with E-state index < -0.39 is 0 Å². The van der Waals surface area contributed by atoms with Crippen LogP contribution in [-0.2, 0) is 13.0 Å². The minimum atomic E-state index is 0.933. The van der Waals surface area contributed by atoms with Crippen LogP contribution < -0.4 is 19.9 Å². The molecule has 1 aromatic heterocycles. The number of anilines is 2. The van der Waals surface area contributed by atoms with E-state index in [9.17, 15) is 0 Å². The summed E-state index contributed by atoms with van der Waals surface area (Å²) in [6.45, 7) is 5.94. The number of rotatable bonds is 3. The summed E-state index contributed by atoms with van der Waals surface area (Å²) in [6, 6.07) is 10.5. The molecule has 2 aliphatic heterocycles. The van der Waals surface area contributed by atoms with Gasteiger partial charge in [-0.2, -0.15) is 0 Å². The maximum atomic E-state index is 5.68. The first-order valence-electron chi connectivity index (χ1n) is 8.67. The maximum absolute atomic E-state index is 5.68. The first-order valence-corrected chi connectivity index (χ1v) is 8.67. The molecule has 5 nitrogen and oxygen atoms in total. The Morgan fingerprint density at radius 2 is 1.88 bits per heavy atom. The van der Waals surface area contributed by atoms with E-state index in [0.717, 1.165) is 57.3 Å². The van der Waals surface area contributed by atoms with Crippen LogP contribution in [0.4, 0.5) is 11.5 Å². The van der Waals surface area contributed by atoms with Gasteiger partial charge in [-0.05, 0) is 42.3 Å². The Morgan fingerprint density at radius 1 is 1.04 bits per heavy atom.